The number of anilines is 2. The molecule has 18 heavy (non-hydrogen) atoms. The maximum atomic E-state index is 12.0. The number of aromatic nitrogens is 2. The van der Waals surface area contributed by atoms with Crippen molar-refractivity contribution in [3.8, 4) is 0 Å². The molecule has 0 spiro atoms. The van der Waals surface area contributed by atoms with Crippen molar-refractivity contribution in [3.05, 3.63) is 11.9 Å². The largest absolute Gasteiger partial charge is 0.390 e. The van der Waals surface area contributed by atoms with E-state index in [0.717, 1.165) is 0 Å². The van der Waals surface area contributed by atoms with Crippen molar-refractivity contribution in [1.29, 1.82) is 0 Å². The van der Waals surface area contributed by atoms with Gasteiger partial charge in [0, 0.05) is 19.7 Å². The van der Waals surface area contributed by atoms with E-state index in [0.29, 0.717) is 11.6 Å². The molecule has 0 fully saturated rings. The Kier molecular flexibility index (Phi) is 5.10. The zero-order valence-corrected chi connectivity index (χ0v) is 9.71. The SMILES string of the molecule is COCc1nc(NN)cc(NCCC(F)(F)F)n1. The topological polar surface area (TPSA) is 85.1 Å². The number of nitrogens with two attached hydrogens (primary N) is 1. The van der Waals surface area contributed by atoms with Crippen LogP contribution in [0.1, 0.15) is 12.2 Å². The zero-order chi connectivity index (χ0) is 13.6. The highest BCUT2D eigenvalue weighted by Gasteiger charge is 2.26. The maximum Gasteiger partial charge on any atom is 0.390 e. The molecule has 1 aromatic rings. The van der Waals surface area contributed by atoms with Crippen LogP contribution < -0.4 is 16.6 Å². The summed E-state index contributed by atoms with van der Waals surface area (Å²) >= 11 is 0. The van der Waals surface area contributed by atoms with Crippen molar-refractivity contribution in [3.63, 3.8) is 0 Å². The Morgan fingerprint density at radius 1 is 1.33 bits per heavy atom. The first-order valence-electron chi connectivity index (χ1n) is 5.08. The average Bonchev–Trinajstić information content (AvgIpc) is 2.27. The monoisotopic (exact) mass is 265 g/mol. The number of nitrogens with one attached hydrogen (secondary N) is 2. The van der Waals surface area contributed by atoms with Gasteiger partial charge in [0.1, 0.15) is 18.2 Å². The number of alkyl halides is 3. The van der Waals surface area contributed by atoms with Gasteiger partial charge in [-0.25, -0.2) is 15.8 Å². The van der Waals surface area contributed by atoms with Crippen LogP contribution in [0, 0.1) is 0 Å². The summed E-state index contributed by atoms with van der Waals surface area (Å²) in [5, 5.41) is 2.55. The lowest BCUT2D eigenvalue weighted by molar-refractivity contribution is -0.131. The number of hydrogen-bond acceptors (Lipinski definition) is 6. The van der Waals surface area contributed by atoms with Crippen LogP contribution in [0.15, 0.2) is 6.07 Å². The number of nitrogens with zero attached hydrogens (tertiary/aromatic N) is 2. The molecule has 0 radical (unpaired) electrons. The van der Waals surface area contributed by atoms with Crippen LogP contribution in [0.3, 0.4) is 0 Å². The first-order valence-corrected chi connectivity index (χ1v) is 5.08. The van der Waals surface area contributed by atoms with Gasteiger partial charge in [0.2, 0.25) is 0 Å². The van der Waals surface area contributed by atoms with Crippen molar-refractivity contribution < 1.29 is 17.9 Å². The molecule has 9 heteroatoms. The van der Waals surface area contributed by atoms with Crippen LogP contribution in [0.2, 0.25) is 0 Å². The van der Waals surface area contributed by atoms with Crippen molar-refractivity contribution in [2.24, 2.45) is 5.84 Å². The molecule has 0 aliphatic heterocycles. The fraction of sp³-hybridized carbons (Fsp3) is 0.556. The Morgan fingerprint density at radius 2 is 2.00 bits per heavy atom. The van der Waals surface area contributed by atoms with E-state index >= 15 is 0 Å². The minimum atomic E-state index is -4.20. The Hall–Kier alpha value is -1.61. The highest BCUT2D eigenvalue weighted by atomic mass is 19.4. The van der Waals surface area contributed by atoms with E-state index in [2.05, 4.69) is 20.7 Å². The molecule has 0 amide bonds. The molecule has 1 rings (SSSR count). The van der Waals surface area contributed by atoms with Crippen molar-refractivity contribution in [1.82, 2.24) is 9.97 Å². The highest BCUT2D eigenvalue weighted by molar-refractivity contribution is 5.46. The third-order valence-corrected chi connectivity index (χ3v) is 1.91. The molecule has 0 aromatic carbocycles. The minimum absolute atomic E-state index is 0.142. The van der Waals surface area contributed by atoms with Crippen molar-refractivity contribution >= 4 is 11.6 Å². The third kappa shape index (κ3) is 5.15. The first kappa shape index (κ1) is 14.5. The number of nitrogen functional groups attached to an aromatic ring is 1. The van der Waals surface area contributed by atoms with E-state index in [4.69, 9.17) is 10.6 Å². The molecular weight excluding hydrogens is 251 g/mol. The lowest BCUT2D eigenvalue weighted by Gasteiger charge is -2.10. The summed E-state index contributed by atoms with van der Waals surface area (Å²) < 4.78 is 40.8. The summed E-state index contributed by atoms with van der Waals surface area (Å²) in [5.74, 6) is 6.07. The van der Waals surface area contributed by atoms with E-state index in [-0.39, 0.29) is 19.0 Å². The predicted octanol–water partition coefficient (Wildman–Crippen LogP) is 1.27. The molecular formula is C9H14F3N5O. The number of hydrogen-bond donors (Lipinski definition) is 3. The van der Waals surface area contributed by atoms with Crippen LogP contribution >= 0.6 is 0 Å². The maximum absolute atomic E-state index is 12.0. The van der Waals surface area contributed by atoms with Gasteiger partial charge in [-0.3, -0.25) is 0 Å². The Morgan fingerprint density at radius 3 is 2.56 bits per heavy atom. The van der Waals surface area contributed by atoms with E-state index in [1.807, 2.05) is 0 Å². The van der Waals surface area contributed by atoms with Gasteiger partial charge in [0.15, 0.2) is 5.82 Å². The fourth-order valence-electron chi connectivity index (χ4n) is 1.19. The molecule has 0 aliphatic carbocycles. The van der Waals surface area contributed by atoms with E-state index < -0.39 is 12.6 Å². The molecule has 1 aromatic heterocycles. The van der Waals surface area contributed by atoms with E-state index in [1.54, 1.807) is 0 Å². The third-order valence-electron chi connectivity index (χ3n) is 1.91. The van der Waals surface area contributed by atoms with Crippen molar-refractivity contribution in [2.75, 3.05) is 24.4 Å². The molecule has 1 heterocycles. The first-order chi connectivity index (χ1) is 8.44. The van der Waals surface area contributed by atoms with Gasteiger partial charge in [-0.1, -0.05) is 0 Å². The van der Waals surface area contributed by atoms with Gasteiger partial charge in [0.05, 0.1) is 6.42 Å². The van der Waals surface area contributed by atoms with Crippen LogP contribution in [0.5, 0.6) is 0 Å². The second kappa shape index (κ2) is 6.36. The standard InChI is InChI=1S/C9H14F3N5O/c1-18-5-8-15-6(4-7(16-8)17-13)14-3-2-9(10,11)12/h4H,2-3,5,13H2,1H3,(H2,14,15,16,17). The summed E-state index contributed by atoms with van der Waals surface area (Å²) in [6, 6.07) is 1.41. The summed E-state index contributed by atoms with van der Waals surface area (Å²) in [5.41, 5.74) is 2.30. The van der Waals surface area contributed by atoms with Crippen LogP contribution in [0.4, 0.5) is 24.8 Å². The smallest absolute Gasteiger partial charge is 0.377 e. The second-order valence-corrected chi connectivity index (χ2v) is 3.42. The number of halogens is 3. The van der Waals surface area contributed by atoms with Gasteiger partial charge in [0.25, 0.3) is 0 Å². The second-order valence-electron chi connectivity index (χ2n) is 3.42. The summed E-state index contributed by atoms with van der Waals surface area (Å²) in [7, 11) is 1.46. The molecule has 0 saturated heterocycles. The Bertz CT molecular complexity index is 385. The fourth-order valence-corrected chi connectivity index (χ4v) is 1.19. The lowest BCUT2D eigenvalue weighted by atomic mass is 10.4. The van der Waals surface area contributed by atoms with Gasteiger partial charge in [-0.15, -0.1) is 0 Å². The van der Waals surface area contributed by atoms with Crippen LogP contribution in [-0.4, -0.2) is 29.8 Å². The van der Waals surface area contributed by atoms with Crippen molar-refractivity contribution in [2.45, 2.75) is 19.2 Å². The Balaban J connectivity index is 2.66. The highest BCUT2D eigenvalue weighted by Crippen LogP contribution is 2.19. The number of methoxy groups -OCH3 is 1. The summed E-state index contributed by atoms with van der Waals surface area (Å²) in [6.45, 7) is -0.125. The molecule has 0 atom stereocenters. The minimum Gasteiger partial charge on any atom is -0.377 e. The van der Waals surface area contributed by atoms with Gasteiger partial charge in [-0.2, -0.15) is 13.2 Å². The number of rotatable bonds is 6. The van der Waals surface area contributed by atoms with Gasteiger partial charge >= 0.3 is 6.18 Å². The lowest BCUT2D eigenvalue weighted by Crippen LogP contribution is -2.17. The molecule has 0 unspecified atom stereocenters. The molecule has 0 saturated carbocycles. The predicted molar refractivity (Wildman–Crippen MR) is 59.7 cm³/mol. The molecule has 102 valence electrons. The average molecular weight is 265 g/mol. The van der Waals surface area contributed by atoms with E-state index in [9.17, 15) is 13.2 Å². The molecule has 6 nitrogen and oxygen atoms in total. The van der Waals surface area contributed by atoms with E-state index in [1.165, 1.54) is 13.2 Å². The number of hydrazine groups is 1. The molecule has 0 aliphatic rings. The normalized spacial score (nSPS) is 11.4. The summed E-state index contributed by atoms with van der Waals surface area (Å²) in [4.78, 5) is 7.94. The van der Waals surface area contributed by atoms with Crippen LogP contribution in [-0.2, 0) is 11.3 Å². The molecule has 4 N–H and O–H groups in total. The zero-order valence-electron chi connectivity index (χ0n) is 9.71. The van der Waals surface area contributed by atoms with Crippen LogP contribution in [0.25, 0.3) is 0 Å². The number of ether oxygens (including phenoxy) is 1. The van der Waals surface area contributed by atoms with Gasteiger partial charge in [-0.05, 0) is 0 Å². The quantitative estimate of drug-likeness (QED) is 0.530. The van der Waals surface area contributed by atoms with Gasteiger partial charge < -0.3 is 15.5 Å². The molecule has 0 bridgehead atoms. The Labute approximate surface area is 102 Å². The summed E-state index contributed by atoms with van der Waals surface area (Å²) in [6.07, 6.45) is -5.15.